The van der Waals surface area contributed by atoms with Crippen LogP contribution in [0.25, 0.3) is 10.2 Å². The zero-order valence-corrected chi connectivity index (χ0v) is 22.8. The number of hydrogen-bond acceptors (Lipinski definition) is 5. The molecule has 4 aromatic carbocycles. The minimum absolute atomic E-state index is 0.0180. The van der Waals surface area contributed by atoms with Crippen molar-refractivity contribution in [3.8, 4) is 0 Å². The molecule has 0 spiro atoms. The summed E-state index contributed by atoms with van der Waals surface area (Å²) in [6.07, 6.45) is 1.53. The average Bonchev–Trinajstić information content (AvgIpc) is 3.40. The SMILES string of the molecule is O=C(c1ccc(S(=O)(=O)N2CCCc3ccccc32)cc1)N(Cc1ccccc1)c1nc2c(F)cc(F)cc2s1. The minimum Gasteiger partial charge on any atom is -0.279 e. The number of benzene rings is 4. The summed E-state index contributed by atoms with van der Waals surface area (Å²) < 4.78 is 57.0. The van der Waals surface area contributed by atoms with Crippen LogP contribution >= 0.6 is 11.3 Å². The second kappa shape index (κ2) is 10.4. The predicted molar refractivity (Wildman–Crippen MR) is 152 cm³/mol. The van der Waals surface area contributed by atoms with E-state index in [-0.39, 0.29) is 32.4 Å². The van der Waals surface area contributed by atoms with E-state index in [1.165, 1.54) is 39.5 Å². The molecule has 1 aliphatic heterocycles. The van der Waals surface area contributed by atoms with Gasteiger partial charge in [-0.15, -0.1) is 0 Å². The number of carbonyl (C=O) groups is 1. The molecular formula is C30H23F2N3O3S2. The first-order chi connectivity index (χ1) is 19.3. The summed E-state index contributed by atoms with van der Waals surface area (Å²) in [5.41, 5.74) is 2.68. The number of aryl methyl sites for hydroxylation is 1. The monoisotopic (exact) mass is 575 g/mol. The van der Waals surface area contributed by atoms with Crippen LogP contribution in [-0.2, 0) is 23.0 Å². The van der Waals surface area contributed by atoms with Gasteiger partial charge in [-0.25, -0.2) is 22.2 Å². The van der Waals surface area contributed by atoms with E-state index in [4.69, 9.17) is 0 Å². The summed E-state index contributed by atoms with van der Waals surface area (Å²) >= 11 is 1.01. The van der Waals surface area contributed by atoms with Crippen LogP contribution in [0.4, 0.5) is 19.6 Å². The second-order valence-electron chi connectivity index (χ2n) is 9.44. The maximum Gasteiger partial charge on any atom is 0.264 e. The van der Waals surface area contributed by atoms with Crippen molar-refractivity contribution >= 4 is 48.3 Å². The number of hydrogen-bond donors (Lipinski definition) is 0. The Labute approximate surface area is 234 Å². The summed E-state index contributed by atoms with van der Waals surface area (Å²) in [5.74, 6) is -1.98. The van der Waals surface area contributed by atoms with Gasteiger partial charge in [0.2, 0.25) is 0 Å². The lowest BCUT2D eigenvalue weighted by molar-refractivity contribution is 0.0985. The first-order valence-electron chi connectivity index (χ1n) is 12.6. The number of rotatable bonds is 6. The van der Waals surface area contributed by atoms with Crippen LogP contribution in [0.15, 0.2) is 95.9 Å². The molecule has 1 amide bonds. The van der Waals surface area contributed by atoms with Crippen LogP contribution < -0.4 is 9.21 Å². The van der Waals surface area contributed by atoms with Crippen molar-refractivity contribution in [2.45, 2.75) is 24.3 Å². The molecule has 0 aliphatic carbocycles. The van der Waals surface area contributed by atoms with Crippen LogP contribution in [0.2, 0.25) is 0 Å². The van der Waals surface area contributed by atoms with Crippen molar-refractivity contribution in [1.82, 2.24) is 4.98 Å². The Hall–Kier alpha value is -4.15. The van der Waals surface area contributed by atoms with E-state index in [0.29, 0.717) is 18.7 Å². The number of aromatic nitrogens is 1. The summed E-state index contributed by atoms with van der Waals surface area (Å²) in [5, 5.41) is 0.204. The number of sulfonamides is 1. The third kappa shape index (κ3) is 4.84. The van der Waals surface area contributed by atoms with Crippen molar-refractivity contribution in [2.24, 2.45) is 0 Å². The Morgan fingerprint density at radius 2 is 1.68 bits per heavy atom. The molecule has 6 nitrogen and oxygen atoms in total. The Bertz CT molecular complexity index is 1820. The largest absolute Gasteiger partial charge is 0.279 e. The summed E-state index contributed by atoms with van der Waals surface area (Å²) in [6, 6.07) is 24.4. The fourth-order valence-corrected chi connectivity index (χ4v) is 7.40. The quantitative estimate of drug-likeness (QED) is 0.230. The van der Waals surface area contributed by atoms with E-state index >= 15 is 0 Å². The Morgan fingerprint density at radius 3 is 2.45 bits per heavy atom. The van der Waals surface area contributed by atoms with Gasteiger partial charge in [0, 0.05) is 18.2 Å². The Morgan fingerprint density at radius 1 is 0.950 bits per heavy atom. The molecule has 1 aromatic heterocycles. The molecule has 0 unspecified atom stereocenters. The van der Waals surface area contributed by atoms with Crippen LogP contribution in [0.5, 0.6) is 0 Å². The molecule has 2 heterocycles. The van der Waals surface area contributed by atoms with E-state index in [1.54, 1.807) is 6.07 Å². The molecule has 202 valence electrons. The van der Waals surface area contributed by atoms with Crippen LogP contribution in [0.1, 0.15) is 27.9 Å². The van der Waals surface area contributed by atoms with Gasteiger partial charge in [0.25, 0.3) is 15.9 Å². The fourth-order valence-electron chi connectivity index (χ4n) is 4.85. The molecular weight excluding hydrogens is 552 g/mol. The lowest BCUT2D eigenvalue weighted by Gasteiger charge is -2.30. The van der Waals surface area contributed by atoms with Crippen molar-refractivity contribution in [2.75, 3.05) is 15.7 Å². The maximum absolute atomic E-state index is 14.4. The Balaban J connectivity index is 1.34. The maximum atomic E-state index is 14.4. The highest BCUT2D eigenvalue weighted by Crippen LogP contribution is 2.34. The summed E-state index contributed by atoms with van der Waals surface area (Å²) in [4.78, 5) is 19.6. The van der Waals surface area contributed by atoms with E-state index in [9.17, 15) is 22.0 Å². The normalized spacial score (nSPS) is 13.3. The average molecular weight is 576 g/mol. The molecule has 0 saturated heterocycles. The highest BCUT2D eigenvalue weighted by atomic mass is 32.2. The van der Waals surface area contributed by atoms with E-state index in [1.807, 2.05) is 48.5 Å². The number of thiazole rings is 1. The highest BCUT2D eigenvalue weighted by molar-refractivity contribution is 7.92. The van der Waals surface area contributed by atoms with Gasteiger partial charge in [-0.05, 0) is 60.4 Å². The van der Waals surface area contributed by atoms with Gasteiger partial charge in [0.05, 0.1) is 21.8 Å². The van der Waals surface area contributed by atoms with E-state index in [0.717, 1.165) is 35.0 Å². The summed E-state index contributed by atoms with van der Waals surface area (Å²) in [7, 11) is -3.84. The lowest BCUT2D eigenvalue weighted by Crippen LogP contribution is -2.35. The van der Waals surface area contributed by atoms with E-state index in [2.05, 4.69) is 4.98 Å². The fraction of sp³-hybridized carbons (Fsp3) is 0.133. The number of para-hydroxylation sites is 1. The Kier molecular flexibility index (Phi) is 6.81. The molecule has 40 heavy (non-hydrogen) atoms. The smallest absolute Gasteiger partial charge is 0.264 e. The molecule has 0 radical (unpaired) electrons. The van der Waals surface area contributed by atoms with Crippen molar-refractivity contribution in [3.63, 3.8) is 0 Å². The first kappa shape index (κ1) is 26.1. The molecule has 10 heteroatoms. The van der Waals surface area contributed by atoms with Gasteiger partial charge in [-0.1, -0.05) is 59.9 Å². The number of carbonyl (C=O) groups excluding carboxylic acids is 1. The van der Waals surface area contributed by atoms with Crippen LogP contribution in [-0.4, -0.2) is 25.9 Å². The number of fused-ring (bicyclic) bond motifs is 2. The lowest BCUT2D eigenvalue weighted by atomic mass is 10.0. The summed E-state index contributed by atoms with van der Waals surface area (Å²) in [6.45, 7) is 0.508. The van der Waals surface area contributed by atoms with Crippen molar-refractivity contribution in [3.05, 3.63) is 119 Å². The minimum atomic E-state index is -3.84. The standard InChI is InChI=1S/C30H23F2N3O3S2/c31-23-17-25(32)28-27(18-23)39-30(33-28)34(19-20-7-2-1-3-8-20)29(36)22-12-14-24(15-13-22)40(37,38)35-16-6-10-21-9-4-5-11-26(21)35/h1-5,7-9,11-15,17-18H,6,10,16,19H2. The molecule has 0 bridgehead atoms. The van der Waals surface area contributed by atoms with Gasteiger partial charge in [-0.2, -0.15) is 0 Å². The van der Waals surface area contributed by atoms with Crippen molar-refractivity contribution < 1.29 is 22.0 Å². The highest BCUT2D eigenvalue weighted by Gasteiger charge is 2.30. The van der Waals surface area contributed by atoms with Gasteiger partial charge >= 0.3 is 0 Å². The number of anilines is 2. The molecule has 0 fully saturated rings. The van der Waals surface area contributed by atoms with E-state index < -0.39 is 27.6 Å². The third-order valence-electron chi connectivity index (χ3n) is 6.82. The van der Waals surface area contributed by atoms with Gasteiger partial charge < -0.3 is 0 Å². The third-order valence-corrected chi connectivity index (χ3v) is 9.67. The molecule has 0 saturated carbocycles. The molecule has 5 aromatic rings. The van der Waals surface area contributed by atoms with Crippen LogP contribution in [0, 0.1) is 11.6 Å². The van der Waals surface area contributed by atoms with Gasteiger partial charge in [0.15, 0.2) is 10.9 Å². The molecule has 6 rings (SSSR count). The first-order valence-corrected chi connectivity index (χ1v) is 14.9. The van der Waals surface area contributed by atoms with Gasteiger partial charge in [-0.3, -0.25) is 14.0 Å². The number of nitrogens with zero attached hydrogens (tertiary/aromatic N) is 3. The zero-order valence-electron chi connectivity index (χ0n) is 21.1. The van der Waals surface area contributed by atoms with Crippen molar-refractivity contribution in [1.29, 1.82) is 0 Å². The predicted octanol–water partition coefficient (Wildman–Crippen LogP) is 6.56. The van der Waals surface area contributed by atoms with Crippen LogP contribution in [0.3, 0.4) is 0 Å². The molecule has 0 N–H and O–H groups in total. The number of amides is 1. The second-order valence-corrected chi connectivity index (χ2v) is 12.3. The van der Waals surface area contributed by atoms with Gasteiger partial charge in [0.1, 0.15) is 11.3 Å². The topological polar surface area (TPSA) is 70.6 Å². The zero-order chi connectivity index (χ0) is 27.9. The molecule has 1 aliphatic rings. The number of halogens is 2. The molecule has 0 atom stereocenters.